The van der Waals surface area contributed by atoms with Gasteiger partial charge in [0, 0.05) is 29.3 Å². The summed E-state index contributed by atoms with van der Waals surface area (Å²) < 4.78 is 7.54. The zero-order chi connectivity index (χ0) is 24.1. The third-order valence-electron chi connectivity index (χ3n) is 7.48. The summed E-state index contributed by atoms with van der Waals surface area (Å²) in [6.45, 7) is 4.43. The molecule has 1 aromatic carbocycles. The number of hydrogen-bond donors (Lipinski definition) is 0. The molecule has 0 radical (unpaired) electrons. The van der Waals surface area contributed by atoms with Crippen molar-refractivity contribution in [1.29, 1.82) is 0 Å². The Morgan fingerprint density at radius 2 is 1.85 bits per heavy atom. The molecule has 0 amide bonds. The van der Waals surface area contributed by atoms with Gasteiger partial charge >= 0.3 is 5.97 Å². The fraction of sp³-hybridized carbons (Fsp3) is 0.536. The summed E-state index contributed by atoms with van der Waals surface area (Å²) in [5.74, 6) is 0.816. The Morgan fingerprint density at radius 3 is 2.47 bits per heavy atom. The summed E-state index contributed by atoms with van der Waals surface area (Å²) in [5.41, 5.74) is 1.87. The Morgan fingerprint density at radius 1 is 1.12 bits per heavy atom. The van der Waals surface area contributed by atoms with Gasteiger partial charge in [-0.15, -0.1) is 11.3 Å². The molecule has 0 atom stereocenters. The average molecular weight is 481 g/mol. The fourth-order valence-corrected chi connectivity index (χ4v) is 6.26. The quantitative estimate of drug-likeness (QED) is 0.186. The molecule has 0 saturated heterocycles. The first-order valence-electron chi connectivity index (χ1n) is 12.7. The van der Waals surface area contributed by atoms with Crippen molar-refractivity contribution in [2.24, 2.45) is 5.41 Å². The zero-order valence-electron chi connectivity index (χ0n) is 20.6. The van der Waals surface area contributed by atoms with Crippen LogP contribution in [0.15, 0.2) is 35.7 Å². The number of ether oxygens (including phenoxy) is 1. The van der Waals surface area contributed by atoms with E-state index in [-0.39, 0.29) is 18.2 Å². The van der Waals surface area contributed by atoms with Crippen molar-refractivity contribution in [3.05, 3.63) is 52.0 Å². The van der Waals surface area contributed by atoms with E-state index in [1.54, 1.807) is 11.3 Å². The Balaban J connectivity index is 1.68. The van der Waals surface area contributed by atoms with Gasteiger partial charge in [0.05, 0.1) is 23.6 Å². The molecule has 4 rings (SSSR count). The topological polar surface area (TPSA) is 61.2 Å². The highest BCUT2D eigenvalue weighted by Gasteiger charge is 2.41. The minimum atomic E-state index is -0.698. The number of benzene rings is 1. The third kappa shape index (κ3) is 4.97. The van der Waals surface area contributed by atoms with Gasteiger partial charge in [-0.3, -0.25) is 9.59 Å². The highest BCUT2D eigenvalue weighted by Crippen LogP contribution is 2.40. The van der Waals surface area contributed by atoms with E-state index in [9.17, 15) is 9.59 Å². The van der Waals surface area contributed by atoms with Crippen LogP contribution >= 0.6 is 11.3 Å². The predicted molar refractivity (Wildman–Crippen MR) is 138 cm³/mol. The molecule has 6 heteroatoms. The molecule has 0 unspecified atom stereocenters. The number of methoxy groups -OCH3 is 1. The van der Waals surface area contributed by atoms with Crippen LogP contribution < -0.4 is 0 Å². The first-order chi connectivity index (χ1) is 16.5. The molecule has 2 heterocycles. The summed E-state index contributed by atoms with van der Waals surface area (Å²) in [6.07, 6.45) is 8.66. The predicted octanol–water partition coefficient (Wildman–Crippen LogP) is 7.14. The summed E-state index contributed by atoms with van der Waals surface area (Å²) in [6, 6.07) is 10.5. The van der Waals surface area contributed by atoms with E-state index >= 15 is 0 Å². The van der Waals surface area contributed by atoms with E-state index in [1.807, 2.05) is 18.2 Å². The second kappa shape index (κ2) is 10.9. The van der Waals surface area contributed by atoms with Crippen molar-refractivity contribution in [1.82, 2.24) is 9.55 Å². The van der Waals surface area contributed by atoms with Gasteiger partial charge in [-0.2, -0.15) is 0 Å². The molecule has 0 aliphatic heterocycles. The van der Waals surface area contributed by atoms with E-state index in [0.717, 1.165) is 74.6 Å². The number of hydrogen-bond acceptors (Lipinski definition) is 5. The van der Waals surface area contributed by atoms with E-state index in [2.05, 4.69) is 35.9 Å². The Bertz CT molecular complexity index is 1120. The number of thiophene rings is 1. The van der Waals surface area contributed by atoms with Crippen molar-refractivity contribution >= 4 is 34.1 Å². The van der Waals surface area contributed by atoms with Crippen molar-refractivity contribution in [3.8, 4) is 0 Å². The van der Waals surface area contributed by atoms with Crippen LogP contribution in [0, 0.1) is 5.41 Å². The van der Waals surface area contributed by atoms with Crippen LogP contribution in [0.2, 0.25) is 0 Å². The number of rotatable bonds is 9. The maximum Gasteiger partial charge on any atom is 0.312 e. The van der Waals surface area contributed by atoms with Crippen LogP contribution in [0.1, 0.15) is 98.7 Å². The molecular weight excluding hydrogens is 444 g/mol. The second-order valence-electron chi connectivity index (χ2n) is 9.61. The van der Waals surface area contributed by atoms with E-state index in [0.29, 0.717) is 11.6 Å². The maximum absolute atomic E-state index is 13.4. The molecule has 3 aromatic rings. The van der Waals surface area contributed by atoms with Gasteiger partial charge in [-0.25, -0.2) is 4.98 Å². The standard InChI is InChI=1S/C28H36N2O3S/c1-4-21(5-2)30-24-13-12-20(17-23(24)29-26(30)18-22-11-10-16-34-22)25(31)19-28(27(32)33-3)14-8-6-7-9-15-28/h10-13,16-17,21H,4-9,14-15,18-19H2,1-3H3. The van der Waals surface area contributed by atoms with E-state index < -0.39 is 5.41 Å². The van der Waals surface area contributed by atoms with Crippen LogP contribution in [0.4, 0.5) is 0 Å². The lowest BCUT2D eigenvalue weighted by Gasteiger charge is -2.29. The van der Waals surface area contributed by atoms with Crippen LogP contribution in [0.5, 0.6) is 0 Å². The van der Waals surface area contributed by atoms with Crippen molar-refractivity contribution in [2.75, 3.05) is 7.11 Å². The van der Waals surface area contributed by atoms with Crippen LogP contribution in [0.25, 0.3) is 11.0 Å². The average Bonchev–Trinajstić information content (AvgIpc) is 3.41. The van der Waals surface area contributed by atoms with Gasteiger partial charge in [0.25, 0.3) is 0 Å². The fourth-order valence-electron chi connectivity index (χ4n) is 5.56. The largest absolute Gasteiger partial charge is 0.469 e. The molecule has 0 N–H and O–H groups in total. The maximum atomic E-state index is 13.4. The van der Waals surface area contributed by atoms with Crippen molar-refractivity contribution < 1.29 is 14.3 Å². The molecule has 5 nitrogen and oxygen atoms in total. The van der Waals surface area contributed by atoms with Gasteiger partial charge in [-0.1, -0.05) is 45.6 Å². The molecule has 0 bridgehead atoms. The molecule has 1 aliphatic carbocycles. The lowest BCUT2D eigenvalue weighted by atomic mass is 9.75. The number of aromatic nitrogens is 2. The minimum absolute atomic E-state index is 0.00564. The number of ketones is 1. The Labute approximate surface area is 206 Å². The molecule has 0 spiro atoms. The van der Waals surface area contributed by atoms with E-state index in [4.69, 9.17) is 9.72 Å². The molecule has 182 valence electrons. The number of esters is 1. The SMILES string of the molecule is CCC(CC)n1c(Cc2cccs2)nc2cc(C(=O)CC3(C(=O)OC)CCCCCC3)ccc21. The number of fused-ring (bicyclic) bond motifs is 1. The number of imidazole rings is 1. The second-order valence-corrected chi connectivity index (χ2v) is 10.6. The van der Waals surface area contributed by atoms with Crippen LogP contribution in [-0.2, 0) is 16.0 Å². The summed E-state index contributed by atoms with van der Waals surface area (Å²) >= 11 is 1.75. The van der Waals surface area contributed by atoms with Crippen molar-refractivity contribution in [2.45, 2.75) is 84.1 Å². The van der Waals surface area contributed by atoms with Gasteiger partial charge in [-0.05, 0) is 55.3 Å². The minimum Gasteiger partial charge on any atom is -0.469 e. The summed E-state index contributed by atoms with van der Waals surface area (Å²) in [7, 11) is 1.44. The number of carbonyl (C=O) groups excluding carboxylic acids is 2. The lowest BCUT2D eigenvalue weighted by Crippen LogP contribution is -2.34. The number of nitrogens with zero attached hydrogens (tertiary/aromatic N) is 2. The highest BCUT2D eigenvalue weighted by molar-refractivity contribution is 7.09. The van der Waals surface area contributed by atoms with Crippen LogP contribution in [-0.4, -0.2) is 28.4 Å². The molecule has 1 saturated carbocycles. The van der Waals surface area contributed by atoms with Gasteiger partial charge in [0.15, 0.2) is 5.78 Å². The monoisotopic (exact) mass is 480 g/mol. The Kier molecular flexibility index (Phi) is 7.87. The third-order valence-corrected chi connectivity index (χ3v) is 8.36. The molecule has 2 aromatic heterocycles. The van der Waals surface area contributed by atoms with E-state index in [1.165, 1.54) is 12.0 Å². The summed E-state index contributed by atoms with van der Waals surface area (Å²) in [5, 5.41) is 2.10. The zero-order valence-corrected chi connectivity index (χ0v) is 21.5. The highest BCUT2D eigenvalue weighted by atomic mass is 32.1. The van der Waals surface area contributed by atoms with Gasteiger partial charge < -0.3 is 9.30 Å². The molecule has 1 aliphatic rings. The van der Waals surface area contributed by atoms with Gasteiger partial charge in [0.2, 0.25) is 0 Å². The first kappa shape index (κ1) is 24.6. The lowest BCUT2D eigenvalue weighted by molar-refractivity contribution is -0.153. The van der Waals surface area contributed by atoms with Gasteiger partial charge in [0.1, 0.15) is 5.82 Å². The molecule has 1 fully saturated rings. The number of carbonyl (C=O) groups is 2. The Hall–Kier alpha value is -2.47. The summed E-state index contributed by atoms with van der Waals surface area (Å²) in [4.78, 5) is 32.5. The van der Waals surface area contributed by atoms with Crippen molar-refractivity contribution in [3.63, 3.8) is 0 Å². The molecular formula is C28H36N2O3S. The smallest absolute Gasteiger partial charge is 0.312 e. The first-order valence-corrected chi connectivity index (χ1v) is 13.5. The molecule has 34 heavy (non-hydrogen) atoms. The number of Topliss-reactive ketones (excluding diaryl/α,β-unsaturated/α-hetero) is 1. The normalized spacial score (nSPS) is 16.0. The van der Waals surface area contributed by atoms with Crippen LogP contribution in [0.3, 0.4) is 0 Å².